The molecule has 112 valence electrons. The molecule has 0 bridgehead atoms. The van der Waals surface area contributed by atoms with Crippen LogP contribution in [0.25, 0.3) is 0 Å². The van der Waals surface area contributed by atoms with E-state index in [2.05, 4.69) is 16.0 Å². The van der Waals surface area contributed by atoms with E-state index in [1.807, 2.05) is 0 Å². The minimum absolute atomic E-state index is 0.156. The normalized spacial score (nSPS) is 11.7. The van der Waals surface area contributed by atoms with Crippen molar-refractivity contribution in [1.82, 2.24) is 16.0 Å². The van der Waals surface area contributed by atoms with Gasteiger partial charge in [0, 0.05) is 13.1 Å². The molecule has 0 unspecified atom stereocenters. The summed E-state index contributed by atoms with van der Waals surface area (Å²) in [5.41, 5.74) is -1.22. The van der Waals surface area contributed by atoms with E-state index in [1.54, 1.807) is 34.6 Å². The Bertz CT molecular complexity index is 311. The van der Waals surface area contributed by atoms with Crippen molar-refractivity contribution in [3.63, 3.8) is 0 Å². The van der Waals surface area contributed by atoms with Gasteiger partial charge in [0.15, 0.2) is 0 Å². The molecule has 0 aromatic carbocycles. The summed E-state index contributed by atoms with van der Waals surface area (Å²) >= 11 is 0. The Morgan fingerprint density at radius 2 is 1.58 bits per heavy atom. The second kappa shape index (κ2) is 7.18. The lowest BCUT2D eigenvalue weighted by Gasteiger charge is -2.23. The summed E-state index contributed by atoms with van der Waals surface area (Å²) in [6.45, 7) is 9.10. The monoisotopic (exact) mass is 275 g/mol. The number of carbonyl (C=O) groups is 2. The predicted molar refractivity (Wildman–Crippen MR) is 71.9 cm³/mol. The van der Waals surface area contributed by atoms with E-state index in [9.17, 15) is 9.59 Å². The Kier molecular flexibility index (Phi) is 6.61. The number of aliphatic hydroxyl groups is 1. The van der Waals surface area contributed by atoms with Crippen LogP contribution in [0.15, 0.2) is 0 Å². The molecule has 0 saturated heterocycles. The molecule has 0 aliphatic carbocycles. The molecule has 0 aliphatic rings. The van der Waals surface area contributed by atoms with Crippen LogP contribution in [0.1, 0.15) is 34.6 Å². The van der Waals surface area contributed by atoms with E-state index in [-0.39, 0.29) is 19.7 Å². The highest BCUT2D eigenvalue weighted by atomic mass is 16.6. The summed E-state index contributed by atoms with van der Waals surface area (Å²) in [5, 5.41) is 16.6. The minimum Gasteiger partial charge on any atom is -0.444 e. The molecule has 0 fully saturated rings. The number of hydrogen-bond acceptors (Lipinski definition) is 4. The minimum atomic E-state index is -0.678. The number of amides is 3. The number of nitrogens with one attached hydrogen (secondary N) is 3. The first-order valence-electron chi connectivity index (χ1n) is 6.19. The summed E-state index contributed by atoms with van der Waals surface area (Å²) in [5.74, 6) is 0. The zero-order valence-electron chi connectivity index (χ0n) is 12.3. The molecule has 0 radical (unpaired) electrons. The van der Waals surface area contributed by atoms with Gasteiger partial charge in [-0.3, -0.25) is 0 Å². The quantitative estimate of drug-likeness (QED) is 0.551. The second-order valence-corrected chi connectivity index (χ2v) is 5.85. The maximum Gasteiger partial charge on any atom is 0.407 e. The Morgan fingerprint density at radius 1 is 1.05 bits per heavy atom. The van der Waals surface area contributed by atoms with Gasteiger partial charge in [-0.2, -0.15) is 0 Å². The zero-order chi connectivity index (χ0) is 15.1. The van der Waals surface area contributed by atoms with Gasteiger partial charge in [0.05, 0.1) is 12.1 Å². The molecule has 0 heterocycles. The number of carbonyl (C=O) groups excluding carboxylic acids is 2. The fraction of sp³-hybridized carbons (Fsp3) is 0.833. The number of alkyl carbamates (subject to hydrolysis) is 1. The van der Waals surface area contributed by atoms with Crippen LogP contribution in [-0.2, 0) is 4.74 Å². The third-order valence-corrected chi connectivity index (χ3v) is 1.93. The zero-order valence-corrected chi connectivity index (χ0v) is 12.3. The summed E-state index contributed by atoms with van der Waals surface area (Å²) < 4.78 is 5.03. The van der Waals surface area contributed by atoms with Crippen LogP contribution in [-0.4, -0.2) is 48.1 Å². The first-order chi connectivity index (χ1) is 8.56. The highest BCUT2D eigenvalue weighted by Gasteiger charge is 2.19. The van der Waals surface area contributed by atoms with Gasteiger partial charge >= 0.3 is 12.1 Å². The average Bonchev–Trinajstić information content (AvgIpc) is 2.21. The lowest BCUT2D eigenvalue weighted by atomic mass is 10.1. The van der Waals surface area contributed by atoms with Crippen molar-refractivity contribution in [2.75, 3.05) is 19.7 Å². The highest BCUT2D eigenvalue weighted by Crippen LogP contribution is 2.05. The Morgan fingerprint density at radius 3 is 2.05 bits per heavy atom. The van der Waals surface area contributed by atoms with E-state index in [4.69, 9.17) is 9.84 Å². The third kappa shape index (κ3) is 10.1. The molecule has 0 saturated carbocycles. The Hall–Kier alpha value is -1.50. The lowest BCUT2D eigenvalue weighted by Crippen LogP contribution is -2.51. The maximum atomic E-state index is 11.4. The van der Waals surface area contributed by atoms with Crippen LogP contribution >= 0.6 is 0 Å². The van der Waals surface area contributed by atoms with Crippen LogP contribution in [0.2, 0.25) is 0 Å². The summed E-state index contributed by atoms with van der Waals surface area (Å²) in [4.78, 5) is 22.7. The molecule has 7 heteroatoms. The van der Waals surface area contributed by atoms with E-state index in [1.165, 1.54) is 0 Å². The van der Waals surface area contributed by atoms with Crippen LogP contribution in [0.5, 0.6) is 0 Å². The average molecular weight is 275 g/mol. The summed E-state index contributed by atoms with van der Waals surface area (Å²) in [6.07, 6.45) is -0.523. The topological polar surface area (TPSA) is 99.7 Å². The fourth-order valence-electron chi connectivity index (χ4n) is 1.05. The Balaban J connectivity index is 3.76. The number of hydrogen-bond donors (Lipinski definition) is 4. The molecule has 7 nitrogen and oxygen atoms in total. The van der Waals surface area contributed by atoms with Gasteiger partial charge in [-0.05, 0) is 34.6 Å². The van der Waals surface area contributed by atoms with Crippen molar-refractivity contribution < 1.29 is 19.4 Å². The molecule has 3 amide bonds. The number of urea groups is 1. The molecule has 0 atom stereocenters. The van der Waals surface area contributed by atoms with Crippen molar-refractivity contribution >= 4 is 12.1 Å². The van der Waals surface area contributed by atoms with Crippen molar-refractivity contribution in [2.24, 2.45) is 0 Å². The third-order valence-electron chi connectivity index (χ3n) is 1.93. The SMILES string of the molecule is CC(C)(CO)NC(=O)NCCNC(=O)OC(C)(C)C. The van der Waals surface area contributed by atoms with Gasteiger partial charge in [-0.25, -0.2) is 9.59 Å². The van der Waals surface area contributed by atoms with E-state index < -0.39 is 23.3 Å². The summed E-state index contributed by atoms with van der Waals surface area (Å²) in [7, 11) is 0. The lowest BCUT2D eigenvalue weighted by molar-refractivity contribution is 0.0528. The van der Waals surface area contributed by atoms with E-state index >= 15 is 0 Å². The molecular weight excluding hydrogens is 250 g/mol. The smallest absolute Gasteiger partial charge is 0.407 e. The van der Waals surface area contributed by atoms with Crippen LogP contribution in [0.3, 0.4) is 0 Å². The molecular formula is C12H25N3O4. The molecule has 4 N–H and O–H groups in total. The van der Waals surface area contributed by atoms with Crippen molar-refractivity contribution in [1.29, 1.82) is 0 Å². The van der Waals surface area contributed by atoms with E-state index in [0.29, 0.717) is 0 Å². The maximum absolute atomic E-state index is 11.4. The largest absolute Gasteiger partial charge is 0.444 e. The fourth-order valence-corrected chi connectivity index (χ4v) is 1.05. The molecule has 19 heavy (non-hydrogen) atoms. The molecule has 0 aromatic rings. The van der Waals surface area contributed by atoms with Crippen LogP contribution in [0, 0.1) is 0 Å². The van der Waals surface area contributed by atoms with Gasteiger partial charge in [-0.15, -0.1) is 0 Å². The number of rotatable bonds is 5. The van der Waals surface area contributed by atoms with Gasteiger partial charge in [-0.1, -0.05) is 0 Å². The van der Waals surface area contributed by atoms with Crippen molar-refractivity contribution in [3.8, 4) is 0 Å². The first kappa shape index (κ1) is 17.5. The standard InChI is InChI=1S/C12H25N3O4/c1-11(2,3)19-10(18)14-7-6-13-9(17)15-12(4,5)8-16/h16H,6-8H2,1-5H3,(H,14,18)(H2,13,15,17). The van der Waals surface area contributed by atoms with Gasteiger partial charge in [0.25, 0.3) is 0 Å². The molecule has 0 spiro atoms. The molecule has 0 rings (SSSR count). The molecule has 0 aliphatic heterocycles. The van der Waals surface area contributed by atoms with E-state index in [0.717, 1.165) is 0 Å². The van der Waals surface area contributed by atoms with Crippen molar-refractivity contribution in [2.45, 2.75) is 45.8 Å². The molecule has 0 aromatic heterocycles. The van der Waals surface area contributed by atoms with Gasteiger partial charge in [0.2, 0.25) is 0 Å². The first-order valence-corrected chi connectivity index (χ1v) is 6.19. The summed E-state index contributed by atoms with van der Waals surface area (Å²) in [6, 6.07) is -0.398. The predicted octanol–water partition coefficient (Wildman–Crippen LogP) is 0.581. The van der Waals surface area contributed by atoms with Crippen molar-refractivity contribution in [3.05, 3.63) is 0 Å². The second-order valence-electron chi connectivity index (χ2n) is 5.85. The number of aliphatic hydroxyl groups excluding tert-OH is 1. The number of ether oxygens (including phenoxy) is 1. The van der Waals surface area contributed by atoms with Gasteiger partial charge in [0.1, 0.15) is 5.60 Å². The Labute approximate surface area is 114 Å². The van der Waals surface area contributed by atoms with Gasteiger partial charge < -0.3 is 25.8 Å². The van der Waals surface area contributed by atoms with Crippen LogP contribution in [0.4, 0.5) is 9.59 Å². The van der Waals surface area contributed by atoms with Crippen LogP contribution < -0.4 is 16.0 Å². The highest BCUT2D eigenvalue weighted by molar-refractivity contribution is 5.74.